The van der Waals surface area contributed by atoms with E-state index in [1.54, 1.807) is 33.7 Å². The van der Waals surface area contributed by atoms with Crippen molar-refractivity contribution in [3.63, 3.8) is 0 Å². The zero-order chi connectivity index (χ0) is 26.1. The van der Waals surface area contributed by atoms with Gasteiger partial charge in [0.25, 0.3) is 0 Å². The predicted octanol–water partition coefficient (Wildman–Crippen LogP) is 4.94. The highest BCUT2D eigenvalue weighted by atomic mass is 35.5. The summed E-state index contributed by atoms with van der Waals surface area (Å²) in [5.41, 5.74) is 0.553. The molecule has 9 heteroatoms. The van der Waals surface area contributed by atoms with E-state index in [-0.39, 0.29) is 40.1 Å². The molecule has 0 radical (unpaired) electrons. The molecule has 0 spiro atoms. The minimum atomic E-state index is -0.443. The fraction of sp³-hybridized carbons (Fsp3) is 0.407. The van der Waals surface area contributed by atoms with Crippen LogP contribution in [-0.2, 0) is 4.79 Å². The molecule has 190 valence electrons. The molecule has 1 aliphatic heterocycles. The first-order valence-electron chi connectivity index (χ1n) is 12.2. The summed E-state index contributed by atoms with van der Waals surface area (Å²) in [6.07, 6.45) is 1.30. The standard InChI is InChI=1S/C27H31ClFN5O2/c1-6-22(35)32-11-13-33(14-12-32)25-19-15-20(28)23(18-9-7-8-10-21(18)29)30-26(19)34(27(36)31-25)24(16(2)3)17(4)5/h6-10,15-17,24H,1,11-14H2,2-5H3. The van der Waals surface area contributed by atoms with Crippen molar-refractivity contribution in [3.8, 4) is 11.3 Å². The number of rotatable bonds is 6. The van der Waals surface area contributed by atoms with Crippen LogP contribution in [0, 0.1) is 17.7 Å². The topological polar surface area (TPSA) is 71.3 Å². The second kappa shape index (κ2) is 10.4. The van der Waals surface area contributed by atoms with Crippen LogP contribution in [-0.4, -0.2) is 51.5 Å². The van der Waals surface area contributed by atoms with Gasteiger partial charge in [0, 0.05) is 37.8 Å². The first-order valence-corrected chi connectivity index (χ1v) is 12.6. The van der Waals surface area contributed by atoms with Crippen molar-refractivity contribution in [2.75, 3.05) is 31.1 Å². The smallest absolute Gasteiger partial charge is 0.351 e. The summed E-state index contributed by atoms with van der Waals surface area (Å²) >= 11 is 6.67. The molecule has 3 aromatic rings. The van der Waals surface area contributed by atoms with E-state index in [9.17, 15) is 14.0 Å². The van der Waals surface area contributed by atoms with Gasteiger partial charge in [-0.15, -0.1) is 0 Å². The van der Waals surface area contributed by atoms with Gasteiger partial charge in [0.2, 0.25) is 5.91 Å². The molecule has 0 N–H and O–H groups in total. The van der Waals surface area contributed by atoms with Crippen LogP contribution in [0.15, 0.2) is 47.8 Å². The molecule has 0 atom stereocenters. The van der Waals surface area contributed by atoms with Gasteiger partial charge in [0.05, 0.1) is 16.1 Å². The molecule has 1 aliphatic rings. The molecule has 4 rings (SSSR count). The molecule has 0 unspecified atom stereocenters. The number of piperazine rings is 1. The summed E-state index contributed by atoms with van der Waals surface area (Å²) in [7, 11) is 0. The number of halogens is 2. The van der Waals surface area contributed by atoms with Crippen LogP contribution in [0.1, 0.15) is 33.7 Å². The van der Waals surface area contributed by atoms with Crippen molar-refractivity contribution >= 4 is 34.4 Å². The second-order valence-corrected chi connectivity index (χ2v) is 10.2. The van der Waals surface area contributed by atoms with Crippen LogP contribution in [0.2, 0.25) is 5.02 Å². The monoisotopic (exact) mass is 511 g/mol. The van der Waals surface area contributed by atoms with Crippen LogP contribution >= 0.6 is 11.6 Å². The number of fused-ring (bicyclic) bond motifs is 1. The molecule has 0 saturated carbocycles. The molecule has 1 aromatic carbocycles. The van der Waals surface area contributed by atoms with Crippen molar-refractivity contribution < 1.29 is 9.18 Å². The van der Waals surface area contributed by atoms with Gasteiger partial charge in [-0.05, 0) is 36.1 Å². The number of hydrogen-bond acceptors (Lipinski definition) is 5. The highest BCUT2D eigenvalue weighted by molar-refractivity contribution is 6.33. The lowest BCUT2D eigenvalue weighted by Gasteiger charge is -2.36. The minimum absolute atomic E-state index is 0.126. The molecule has 1 amide bonds. The van der Waals surface area contributed by atoms with E-state index in [0.717, 1.165) is 0 Å². The largest absolute Gasteiger partial charge is 0.352 e. The minimum Gasteiger partial charge on any atom is -0.352 e. The van der Waals surface area contributed by atoms with Gasteiger partial charge in [-0.1, -0.05) is 58.0 Å². The van der Waals surface area contributed by atoms with Gasteiger partial charge in [-0.3, -0.25) is 9.36 Å². The van der Waals surface area contributed by atoms with Gasteiger partial charge in [0.1, 0.15) is 17.3 Å². The van der Waals surface area contributed by atoms with Crippen molar-refractivity contribution in [2.45, 2.75) is 33.7 Å². The maximum absolute atomic E-state index is 14.7. The second-order valence-electron chi connectivity index (χ2n) is 9.75. The van der Waals surface area contributed by atoms with Gasteiger partial charge in [-0.25, -0.2) is 14.2 Å². The molecule has 1 saturated heterocycles. The highest BCUT2D eigenvalue weighted by Crippen LogP contribution is 2.36. The van der Waals surface area contributed by atoms with E-state index >= 15 is 0 Å². The summed E-state index contributed by atoms with van der Waals surface area (Å²) in [5, 5.41) is 0.890. The van der Waals surface area contributed by atoms with Gasteiger partial charge >= 0.3 is 5.69 Å². The number of hydrogen-bond donors (Lipinski definition) is 0. The van der Waals surface area contributed by atoms with E-state index in [0.29, 0.717) is 43.0 Å². The third-order valence-electron chi connectivity index (χ3n) is 6.69. The summed E-state index contributed by atoms with van der Waals surface area (Å²) in [6.45, 7) is 13.7. The van der Waals surface area contributed by atoms with E-state index in [2.05, 4.69) is 39.3 Å². The molecule has 3 heterocycles. The first-order chi connectivity index (χ1) is 17.1. The SMILES string of the molecule is C=CC(=O)N1CCN(c2nc(=O)n(C(C(C)C)C(C)C)c3nc(-c4ccccc4F)c(Cl)cc23)CC1. The molecule has 7 nitrogen and oxygen atoms in total. The number of benzene rings is 1. The Morgan fingerprint density at radius 3 is 2.31 bits per heavy atom. The molecule has 36 heavy (non-hydrogen) atoms. The van der Waals surface area contributed by atoms with Gasteiger partial charge in [0.15, 0.2) is 0 Å². The lowest BCUT2D eigenvalue weighted by atomic mass is 9.93. The van der Waals surface area contributed by atoms with Crippen molar-refractivity contribution in [1.82, 2.24) is 19.4 Å². The number of aromatic nitrogens is 3. The summed E-state index contributed by atoms with van der Waals surface area (Å²) in [4.78, 5) is 38.6. The molecule has 1 fully saturated rings. The lowest BCUT2D eigenvalue weighted by Crippen LogP contribution is -2.49. The Morgan fingerprint density at radius 2 is 1.72 bits per heavy atom. The molecule has 0 aliphatic carbocycles. The third kappa shape index (κ3) is 4.74. The van der Waals surface area contributed by atoms with Crippen LogP contribution in [0.5, 0.6) is 0 Å². The Hall–Kier alpha value is -3.26. The van der Waals surface area contributed by atoms with Crippen molar-refractivity contribution in [3.05, 3.63) is 64.3 Å². The van der Waals surface area contributed by atoms with E-state index in [4.69, 9.17) is 16.6 Å². The summed E-state index contributed by atoms with van der Waals surface area (Å²) < 4.78 is 16.4. The number of pyridine rings is 1. The van der Waals surface area contributed by atoms with Crippen LogP contribution in [0.25, 0.3) is 22.3 Å². The molecule has 0 bridgehead atoms. The highest BCUT2D eigenvalue weighted by Gasteiger charge is 2.29. The van der Waals surface area contributed by atoms with Crippen LogP contribution in [0.3, 0.4) is 0 Å². The van der Waals surface area contributed by atoms with Crippen LogP contribution < -0.4 is 10.6 Å². The number of amides is 1. The van der Waals surface area contributed by atoms with Gasteiger partial charge in [-0.2, -0.15) is 4.98 Å². The maximum Gasteiger partial charge on any atom is 0.351 e. The number of anilines is 1. The lowest BCUT2D eigenvalue weighted by molar-refractivity contribution is -0.126. The molecule has 2 aromatic heterocycles. The number of carbonyl (C=O) groups excluding carboxylic acids is 1. The van der Waals surface area contributed by atoms with Crippen molar-refractivity contribution in [2.24, 2.45) is 11.8 Å². The average molecular weight is 512 g/mol. The zero-order valence-corrected chi connectivity index (χ0v) is 21.8. The fourth-order valence-corrected chi connectivity index (χ4v) is 5.36. The first kappa shape index (κ1) is 25.8. The fourth-order valence-electron chi connectivity index (χ4n) is 5.11. The van der Waals surface area contributed by atoms with E-state index in [1.165, 1.54) is 12.1 Å². The average Bonchev–Trinajstić information content (AvgIpc) is 2.85. The Labute approximate surface area is 215 Å². The van der Waals surface area contributed by atoms with E-state index < -0.39 is 11.5 Å². The van der Waals surface area contributed by atoms with Crippen LogP contribution in [0.4, 0.5) is 10.2 Å². The van der Waals surface area contributed by atoms with E-state index in [1.807, 2.05) is 4.90 Å². The third-order valence-corrected chi connectivity index (χ3v) is 6.98. The Kier molecular flexibility index (Phi) is 7.45. The Morgan fingerprint density at radius 1 is 1.08 bits per heavy atom. The summed E-state index contributed by atoms with van der Waals surface area (Å²) in [5.74, 6) is 0.154. The molecular formula is C27H31ClFN5O2. The quantitative estimate of drug-likeness (QED) is 0.438. The number of carbonyl (C=O) groups is 1. The molecular weight excluding hydrogens is 481 g/mol. The van der Waals surface area contributed by atoms with Gasteiger partial charge < -0.3 is 9.80 Å². The van der Waals surface area contributed by atoms with Crippen molar-refractivity contribution in [1.29, 1.82) is 0 Å². The normalized spacial score (nSPS) is 14.4. The Balaban J connectivity index is 1.95. The Bertz CT molecular complexity index is 1350. The maximum atomic E-state index is 14.7. The summed E-state index contributed by atoms with van der Waals surface area (Å²) in [6, 6.07) is 7.86. The number of nitrogens with zero attached hydrogens (tertiary/aromatic N) is 5. The predicted molar refractivity (Wildman–Crippen MR) is 142 cm³/mol. The zero-order valence-electron chi connectivity index (χ0n) is 21.0.